The molecule has 1 atom stereocenters. The normalized spacial score (nSPS) is 17.4. The molecule has 2 rings (SSSR count). The lowest BCUT2D eigenvalue weighted by Crippen LogP contribution is -2.34. The molecule has 1 N–H and O–H groups in total. The molecule has 1 aliphatic rings. The first-order valence-corrected chi connectivity index (χ1v) is 7.15. The third-order valence-electron chi connectivity index (χ3n) is 3.33. The second-order valence-electron chi connectivity index (χ2n) is 5.18. The number of halogens is 1. The molecule has 1 saturated heterocycles. The monoisotopic (exact) mass is 281 g/mol. The van der Waals surface area contributed by atoms with Crippen LogP contribution in [0.3, 0.4) is 0 Å². The number of carbonyl (C=O) groups is 1. The standard InChI is InChI=1S/C14H20ClN3O/c1-11(10-18-6-2-3-7-18)9-17-14(19)13-8-12(15)4-5-16-13/h4-5,8,11H,2-3,6-7,9-10H2,1H3,(H,17,19). The summed E-state index contributed by atoms with van der Waals surface area (Å²) in [5.74, 6) is 0.289. The van der Waals surface area contributed by atoms with Gasteiger partial charge in [0.1, 0.15) is 5.69 Å². The first-order chi connectivity index (χ1) is 9.15. The number of rotatable bonds is 5. The maximum absolute atomic E-state index is 11.9. The summed E-state index contributed by atoms with van der Waals surface area (Å²) in [5, 5.41) is 3.45. The highest BCUT2D eigenvalue weighted by Gasteiger charge is 2.15. The summed E-state index contributed by atoms with van der Waals surface area (Å²) in [4.78, 5) is 18.4. The quantitative estimate of drug-likeness (QED) is 0.900. The number of pyridine rings is 1. The molecule has 1 amide bonds. The number of hydrogen-bond acceptors (Lipinski definition) is 3. The maximum atomic E-state index is 11.9. The molecule has 1 unspecified atom stereocenters. The largest absolute Gasteiger partial charge is 0.350 e. The van der Waals surface area contributed by atoms with E-state index >= 15 is 0 Å². The van der Waals surface area contributed by atoms with E-state index in [9.17, 15) is 4.79 Å². The molecule has 0 spiro atoms. The molecule has 1 aromatic heterocycles. The van der Waals surface area contributed by atoms with Gasteiger partial charge in [0.15, 0.2) is 0 Å². The van der Waals surface area contributed by atoms with E-state index in [0.717, 1.165) is 6.54 Å². The molecule has 0 radical (unpaired) electrons. The van der Waals surface area contributed by atoms with E-state index < -0.39 is 0 Å². The Labute approximate surface area is 119 Å². The van der Waals surface area contributed by atoms with Gasteiger partial charge in [0.25, 0.3) is 5.91 Å². The lowest BCUT2D eigenvalue weighted by Gasteiger charge is -2.20. The molecular weight excluding hydrogens is 262 g/mol. The van der Waals surface area contributed by atoms with Crippen molar-refractivity contribution < 1.29 is 4.79 Å². The summed E-state index contributed by atoms with van der Waals surface area (Å²) in [6.07, 6.45) is 4.14. The third-order valence-corrected chi connectivity index (χ3v) is 3.57. The Hall–Kier alpha value is -1.13. The van der Waals surface area contributed by atoms with Crippen molar-refractivity contribution in [2.75, 3.05) is 26.2 Å². The highest BCUT2D eigenvalue weighted by atomic mass is 35.5. The lowest BCUT2D eigenvalue weighted by atomic mass is 10.1. The van der Waals surface area contributed by atoms with Crippen molar-refractivity contribution in [3.63, 3.8) is 0 Å². The van der Waals surface area contributed by atoms with Crippen LogP contribution in [0.25, 0.3) is 0 Å². The van der Waals surface area contributed by atoms with Crippen LogP contribution in [-0.2, 0) is 0 Å². The van der Waals surface area contributed by atoms with Crippen LogP contribution < -0.4 is 5.32 Å². The van der Waals surface area contributed by atoms with Crippen molar-refractivity contribution in [3.05, 3.63) is 29.0 Å². The first-order valence-electron chi connectivity index (χ1n) is 6.77. The predicted molar refractivity (Wildman–Crippen MR) is 76.4 cm³/mol. The fourth-order valence-electron chi connectivity index (χ4n) is 2.36. The van der Waals surface area contributed by atoms with Crippen molar-refractivity contribution in [2.24, 2.45) is 5.92 Å². The highest BCUT2D eigenvalue weighted by Crippen LogP contribution is 2.10. The van der Waals surface area contributed by atoms with Crippen molar-refractivity contribution in [1.29, 1.82) is 0 Å². The van der Waals surface area contributed by atoms with Crippen molar-refractivity contribution >= 4 is 17.5 Å². The molecule has 0 aromatic carbocycles. The van der Waals surface area contributed by atoms with Gasteiger partial charge in [0.05, 0.1) is 0 Å². The van der Waals surface area contributed by atoms with Crippen molar-refractivity contribution in [2.45, 2.75) is 19.8 Å². The van der Waals surface area contributed by atoms with Crippen molar-refractivity contribution in [3.8, 4) is 0 Å². The molecule has 5 heteroatoms. The van der Waals surface area contributed by atoms with Gasteiger partial charge in [0, 0.05) is 24.3 Å². The second-order valence-corrected chi connectivity index (χ2v) is 5.62. The van der Waals surface area contributed by atoms with Gasteiger partial charge in [-0.15, -0.1) is 0 Å². The van der Waals surface area contributed by atoms with Gasteiger partial charge in [-0.05, 0) is 44.0 Å². The Kier molecular flexibility index (Phi) is 5.16. The number of carbonyl (C=O) groups excluding carboxylic acids is 1. The van der Waals surface area contributed by atoms with Gasteiger partial charge >= 0.3 is 0 Å². The lowest BCUT2D eigenvalue weighted by molar-refractivity contribution is 0.0940. The number of nitrogens with one attached hydrogen (secondary N) is 1. The number of hydrogen-bond donors (Lipinski definition) is 1. The summed E-state index contributed by atoms with van der Waals surface area (Å²) in [5.41, 5.74) is 0.376. The maximum Gasteiger partial charge on any atom is 0.269 e. The predicted octanol–water partition coefficient (Wildman–Crippen LogP) is 2.20. The van der Waals surface area contributed by atoms with E-state index in [4.69, 9.17) is 11.6 Å². The minimum absolute atomic E-state index is 0.157. The molecule has 0 saturated carbocycles. The van der Waals surface area contributed by atoms with Crippen LogP contribution in [-0.4, -0.2) is 42.0 Å². The zero-order chi connectivity index (χ0) is 13.7. The molecular formula is C14H20ClN3O. The average molecular weight is 282 g/mol. The Morgan fingerprint density at radius 3 is 2.95 bits per heavy atom. The van der Waals surface area contributed by atoms with E-state index in [1.54, 1.807) is 18.3 Å². The summed E-state index contributed by atoms with van der Waals surface area (Å²) < 4.78 is 0. The molecule has 1 fully saturated rings. The molecule has 19 heavy (non-hydrogen) atoms. The summed E-state index contributed by atoms with van der Waals surface area (Å²) in [6.45, 7) is 6.25. The molecule has 1 aromatic rings. The Bertz CT molecular complexity index is 432. The van der Waals surface area contributed by atoms with Crippen LogP contribution in [0, 0.1) is 5.92 Å². The van der Waals surface area contributed by atoms with Gasteiger partial charge in [-0.25, -0.2) is 0 Å². The number of nitrogens with zero attached hydrogens (tertiary/aromatic N) is 2. The fourth-order valence-corrected chi connectivity index (χ4v) is 2.52. The summed E-state index contributed by atoms with van der Waals surface area (Å²) >= 11 is 5.84. The van der Waals surface area contributed by atoms with Crippen LogP contribution in [0.5, 0.6) is 0 Å². The van der Waals surface area contributed by atoms with E-state index in [0.29, 0.717) is 23.2 Å². The SMILES string of the molecule is CC(CNC(=O)c1cc(Cl)ccn1)CN1CCCC1. The topological polar surface area (TPSA) is 45.2 Å². The number of amides is 1. The van der Waals surface area contributed by atoms with E-state index in [1.165, 1.54) is 25.9 Å². The van der Waals surface area contributed by atoms with Crippen LogP contribution in [0.15, 0.2) is 18.3 Å². The van der Waals surface area contributed by atoms with Gasteiger partial charge in [0.2, 0.25) is 0 Å². The highest BCUT2D eigenvalue weighted by molar-refractivity contribution is 6.30. The molecule has 1 aliphatic heterocycles. The summed E-state index contributed by atoms with van der Waals surface area (Å²) in [6, 6.07) is 3.25. The molecule has 0 bridgehead atoms. The Morgan fingerprint density at radius 1 is 1.53 bits per heavy atom. The first kappa shape index (κ1) is 14.3. The molecule has 0 aliphatic carbocycles. The minimum atomic E-state index is -0.157. The van der Waals surface area contributed by atoms with Gasteiger partial charge in [-0.2, -0.15) is 0 Å². The number of likely N-dealkylation sites (tertiary alicyclic amines) is 1. The Morgan fingerprint density at radius 2 is 2.26 bits per heavy atom. The third kappa shape index (κ3) is 4.48. The van der Waals surface area contributed by atoms with Crippen LogP contribution in [0.4, 0.5) is 0 Å². The van der Waals surface area contributed by atoms with Crippen LogP contribution in [0.2, 0.25) is 5.02 Å². The van der Waals surface area contributed by atoms with Gasteiger partial charge in [-0.3, -0.25) is 9.78 Å². The summed E-state index contributed by atoms with van der Waals surface area (Å²) in [7, 11) is 0. The van der Waals surface area contributed by atoms with Gasteiger partial charge < -0.3 is 10.2 Å². The minimum Gasteiger partial charge on any atom is -0.350 e. The fraction of sp³-hybridized carbons (Fsp3) is 0.571. The van der Waals surface area contributed by atoms with Crippen molar-refractivity contribution in [1.82, 2.24) is 15.2 Å². The van der Waals surface area contributed by atoms with Crippen LogP contribution in [0.1, 0.15) is 30.3 Å². The van der Waals surface area contributed by atoms with Crippen LogP contribution >= 0.6 is 11.6 Å². The zero-order valence-electron chi connectivity index (χ0n) is 11.2. The second kappa shape index (κ2) is 6.87. The molecule has 4 nitrogen and oxygen atoms in total. The molecule has 104 valence electrons. The van der Waals surface area contributed by atoms with Gasteiger partial charge in [-0.1, -0.05) is 18.5 Å². The smallest absolute Gasteiger partial charge is 0.269 e. The van der Waals surface area contributed by atoms with E-state index in [2.05, 4.69) is 22.1 Å². The van der Waals surface area contributed by atoms with E-state index in [1.807, 2.05) is 0 Å². The number of aromatic nitrogens is 1. The Balaban J connectivity index is 1.76. The zero-order valence-corrected chi connectivity index (χ0v) is 12.0. The average Bonchev–Trinajstić information content (AvgIpc) is 2.88. The van der Waals surface area contributed by atoms with E-state index in [-0.39, 0.29) is 5.91 Å². The molecule has 2 heterocycles.